The number of ether oxygens (including phenoxy) is 2. The summed E-state index contributed by atoms with van der Waals surface area (Å²) >= 11 is 0. The molecule has 0 aromatic heterocycles. The van der Waals surface area contributed by atoms with E-state index in [0.29, 0.717) is 13.2 Å². The third-order valence-corrected chi connectivity index (χ3v) is 3.99. The van der Waals surface area contributed by atoms with Crippen molar-refractivity contribution in [3.63, 3.8) is 0 Å². The van der Waals surface area contributed by atoms with Crippen molar-refractivity contribution in [3.8, 4) is 11.5 Å². The van der Waals surface area contributed by atoms with E-state index < -0.39 is 6.10 Å². The van der Waals surface area contributed by atoms with E-state index >= 15 is 0 Å². The Bertz CT molecular complexity index is 443. The van der Waals surface area contributed by atoms with Crippen LogP contribution in [0.15, 0.2) is 18.2 Å². The van der Waals surface area contributed by atoms with E-state index in [1.165, 1.54) is 12.8 Å². The van der Waals surface area contributed by atoms with E-state index in [9.17, 15) is 5.11 Å². The molecule has 4 nitrogen and oxygen atoms in total. The van der Waals surface area contributed by atoms with Crippen LogP contribution in [0.1, 0.15) is 31.4 Å². The fourth-order valence-corrected chi connectivity index (χ4v) is 3.00. The maximum atomic E-state index is 10.6. The van der Waals surface area contributed by atoms with E-state index in [4.69, 9.17) is 9.47 Å². The molecule has 0 bridgehead atoms. The average Bonchev–Trinajstić information content (AvgIpc) is 2.94. The first-order chi connectivity index (χ1) is 9.29. The van der Waals surface area contributed by atoms with Gasteiger partial charge in [-0.05, 0) is 51.1 Å². The topological polar surface area (TPSA) is 41.9 Å². The summed E-state index contributed by atoms with van der Waals surface area (Å²) in [5, 5.41) is 10.6. The smallest absolute Gasteiger partial charge is 0.125 e. The quantitative estimate of drug-likeness (QED) is 0.905. The monoisotopic (exact) mass is 263 g/mol. The zero-order valence-corrected chi connectivity index (χ0v) is 11.3. The first kappa shape index (κ1) is 12.8. The van der Waals surface area contributed by atoms with E-state index in [1.54, 1.807) is 0 Å². The molecule has 2 atom stereocenters. The van der Waals surface area contributed by atoms with Crippen molar-refractivity contribution in [1.29, 1.82) is 0 Å². The molecule has 19 heavy (non-hydrogen) atoms. The van der Waals surface area contributed by atoms with Gasteiger partial charge < -0.3 is 14.6 Å². The molecule has 3 rings (SSSR count). The van der Waals surface area contributed by atoms with E-state index in [-0.39, 0.29) is 6.04 Å². The Morgan fingerprint density at radius 1 is 1.37 bits per heavy atom. The van der Waals surface area contributed by atoms with Crippen LogP contribution in [0.3, 0.4) is 0 Å². The van der Waals surface area contributed by atoms with Crippen molar-refractivity contribution in [2.45, 2.75) is 31.9 Å². The van der Waals surface area contributed by atoms with Crippen LogP contribution in [0.2, 0.25) is 0 Å². The second-order valence-corrected chi connectivity index (χ2v) is 5.20. The van der Waals surface area contributed by atoms with Crippen LogP contribution in [0.5, 0.6) is 11.5 Å². The number of rotatable bonds is 3. The summed E-state index contributed by atoms with van der Waals surface area (Å²) in [4.78, 5) is 2.33. The average molecular weight is 263 g/mol. The van der Waals surface area contributed by atoms with Crippen LogP contribution in [0, 0.1) is 0 Å². The molecule has 0 radical (unpaired) electrons. The lowest BCUT2D eigenvalue weighted by atomic mass is 9.98. The van der Waals surface area contributed by atoms with Crippen LogP contribution >= 0.6 is 0 Å². The lowest BCUT2D eigenvalue weighted by molar-refractivity contribution is 0.0138. The fraction of sp³-hybridized carbons (Fsp3) is 0.600. The zero-order chi connectivity index (χ0) is 13.2. The Kier molecular flexibility index (Phi) is 3.62. The second kappa shape index (κ2) is 5.39. The first-order valence-electron chi connectivity index (χ1n) is 7.11. The Hall–Kier alpha value is -1.26. The maximum absolute atomic E-state index is 10.6. The summed E-state index contributed by atoms with van der Waals surface area (Å²) < 4.78 is 11.3. The van der Waals surface area contributed by atoms with Gasteiger partial charge in [0.2, 0.25) is 0 Å². The number of aliphatic hydroxyl groups is 1. The van der Waals surface area contributed by atoms with Crippen molar-refractivity contribution >= 4 is 0 Å². The van der Waals surface area contributed by atoms with Crippen molar-refractivity contribution in [2.24, 2.45) is 0 Å². The van der Waals surface area contributed by atoms with Gasteiger partial charge in [-0.2, -0.15) is 0 Å². The minimum atomic E-state index is -0.484. The Morgan fingerprint density at radius 2 is 2.16 bits per heavy atom. The molecule has 2 aliphatic heterocycles. The van der Waals surface area contributed by atoms with E-state index in [1.807, 2.05) is 25.1 Å². The van der Waals surface area contributed by atoms with Crippen molar-refractivity contribution in [3.05, 3.63) is 23.8 Å². The normalized spacial score (nSPS) is 26.8. The van der Waals surface area contributed by atoms with Crippen LogP contribution in [-0.2, 0) is 0 Å². The Labute approximate surface area is 113 Å². The molecule has 4 heteroatoms. The molecule has 0 spiro atoms. The molecule has 2 aliphatic rings. The van der Waals surface area contributed by atoms with E-state index in [2.05, 4.69) is 4.90 Å². The lowest BCUT2D eigenvalue weighted by Crippen LogP contribution is -2.44. The summed E-state index contributed by atoms with van der Waals surface area (Å²) in [5.41, 5.74) is 0.856. The summed E-state index contributed by atoms with van der Waals surface area (Å²) in [6.45, 7) is 5.28. The highest BCUT2D eigenvalue weighted by molar-refractivity contribution is 5.43. The molecule has 1 aromatic carbocycles. The number of benzene rings is 1. The molecular formula is C15H21NO3. The molecule has 1 N–H and O–H groups in total. The highest BCUT2D eigenvalue weighted by atomic mass is 16.5. The zero-order valence-electron chi connectivity index (χ0n) is 11.3. The van der Waals surface area contributed by atoms with Crippen LogP contribution < -0.4 is 9.47 Å². The third-order valence-electron chi connectivity index (χ3n) is 3.99. The van der Waals surface area contributed by atoms with Gasteiger partial charge >= 0.3 is 0 Å². The molecule has 2 heterocycles. The minimum Gasteiger partial charge on any atom is -0.494 e. The molecule has 104 valence electrons. The fourth-order valence-electron chi connectivity index (χ4n) is 3.00. The predicted octanol–water partition coefficient (Wildman–Crippen LogP) is 1.98. The molecule has 0 saturated carbocycles. The highest BCUT2D eigenvalue weighted by Gasteiger charge is 2.35. The molecule has 1 fully saturated rings. The number of hydrogen-bond donors (Lipinski definition) is 1. The SMILES string of the molecule is CCOc1ccc2c(c1)C(O)C(N1CCCC1)CO2. The Morgan fingerprint density at radius 3 is 2.89 bits per heavy atom. The summed E-state index contributed by atoms with van der Waals surface area (Å²) in [6.07, 6.45) is 1.95. The second-order valence-electron chi connectivity index (χ2n) is 5.20. The van der Waals surface area contributed by atoms with Gasteiger partial charge in [-0.3, -0.25) is 4.90 Å². The minimum absolute atomic E-state index is 0.0758. The number of nitrogens with zero attached hydrogens (tertiary/aromatic N) is 1. The summed E-state index contributed by atoms with van der Waals surface area (Å²) in [6, 6.07) is 5.77. The molecular weight excluding hydrogens is 242 g/mol. The van der Waals surface area contributed by atoms with Gasteiger partial charge in [-0.15, -0.1) is 0 Å². The molecule has 1 aromatic rings. The lowest BCUT2D eigenvalue weighted by Gasteiger charge is -2.36. The Balaban J connectivity index is 1.84. The number of hydrogen-bond acceptors (Lipinski definition) is 4. The summed E-state index contributed by atoms with van der Waals surface area (Å²) in [7, 11) is 0. The largest absolute Gasteiger partial charge is 0.494 e. The molecule has 0 aliphatic carbocycles. The van der Waals surface area contributed by atoms with E-state index in [0.717, 1.165) is 30.2 Å². The summed E-state index contributed by atoms with van der Waals surface area (Å²) in [5.74, 6) is 1.58. The number of fused-ring (bicyclic) bond motifs is 1. The van der Waals surface area contributed by atoms with Crippen molar-refractivity contribution in [1.82, 2.24) is 4.90 Å². The van der Waals surface area contributed by atoms with Crippen LogP contribution in [0.25, 0.3) is 0 Å². The van der Waals surface area contributed by atoms with Crippen molar-refractivity contribution in [2.75, 3.05) is 26.3 Å². The standard InChI is InChI=1S/C15H21NO3/c1-2-18-11-5-6-14-12(9-11)15(17)13(10-19-14)16-7-3-4-8-16/h5-6,9,13,15,17H,2-4,7-8,10H2,1H3. The maximum Gasteiger partial charge on any atom is 0.125 e. The number of likely N-dealkylation sites (tertiary alicyclic amines) is 1. The molecule has 0 amide bonds. The van der Waals surface area contributed by atoms with Gasteiger partial charge in [-0.25, -0.2) is 0 Å². The van der Waals surface area contributed by atoms with Gasteiger partial charge in [0.1, 0.15) is 24.2 Å². The molecule has 1 saturated heterocycles. The van der Waals surface area contributed by atoms with Crippen LogP contribution in [-0.4, -0.2) is 42.4 Å². The third kappa shape index (κ3) is 2.42. The van der Waals surface area contributed by atoms with Gasteiger partial charge in [-0.1, -0.05) is 0 Å². The molecule has 2 unspecified atom stereocenters. The number of aliphatic hydroxyl groups excluding tert-OH is 1. The predicted molar refractivity (Wildman–Crippen MR) is 72.7 cm³/mol. The van der Waals surface area contributed by atoms with Gasteiger partial charge in [0, 0.05) is 5.56 Å². The van der Waals surface area contributed by atoms with Gasteiger partial charge in [0.25, 0.3) is 0 Å². The van der Waals surface area contributed by atoms with Crippen molar-refractivity contribution < 1.29 is 14.6 Å². The highest BCUT2D eigenvalue weighted by Crippen LogP contribution is 2.37. The van der Waals surface area contributed by atoms with Crippen LogP contribution in [0.4, 0.5) is 0 Å². The van der Waals surface area contributed by atoms with Gasteiger partial charge in [0.05, 0.1) is 12.6 Å². The van der Waals surface area contributed by atoms with Gasteiger partial charge in [0.15, 0.2) is 0 Å². The first-order valence-corrected chi connectivity index (χ1v) is 7.11.